The zero-order valence-corrected chi connectivity index (χ0v) is 12.9. The highest BCUT2D eigenvalue weighted by molar-refractivity contribution is 7.99. The van der Waals surface area contributed by atoms with Crippen LogP contribution in [0.2, 0.25) is 0 Å². The maximum atomic E-state index is 10.7. The highest BCUT2D eigenvalue weighted by atomic mass is 32.2. The van der Waals surface area contributed by atoms with E-state index < -0.39 is 5.97 Å². The first-order valence-electron chi connectivity index (χ1n) is 7.01. The summed E-state index contributed by atoms with van der Waals surface area (Å²) in [5.74, 6) is -0.750. The molecule has 0 amide bonds. The first-order chi connectivity index (χ1) is 9.54. The summed E-state index contributed by atoms with van der Waals surface area (Å²) in [5, 5.41) is 9.64. The zero-order chi connectivity index (χ0) is 14.6. The molecule has 1 aromatic heterocycles. The summed E-state index contributed by atoms with van der Waals surface area (Å²) < 4.78 is 7.64. The molecule has 0 saturated carbocycles. The van der Waals surface area contributed by atoms with E-state index in [9.17, 15) is 4.79 Å². The molecule has 1 aliphatic rings. The number of nitrogens with zero attached hydrogens (tertiary/aromatic N) is 2. The van der Waals surface area contributed by atoms with E-state index in [0.29, 0.717) is 0 Å². The lowest BCUT2D eigenvalue weighted by Crippen LogP contribution is -2.31. The van der Waals surface area contributed by atoms with Crippen molar-refractivity contribution in [1.29, 1.82) is 0 Å². The molecule has 0 atom stereocenters. The second kappa shape index (κ2) is 6.63. The van der Waals surface area contributed by atoms with Crippen LogP contribution in [0.15, 0.2) is 11.4 Å². The van der Waals surface area contributed by atoms with Gasteiger partial charge in [0.1, 0.15) is 0 Å². The SMILES string of the molecule is CCc1cnc(SCC(=O)O)n1CC1(C)CCOCC1. The van der Waals surface area contributed by atoms with Crippen LogP contribution in [0.25, 0.3) is 0 Å². The molecule has 1 aliphatic heterocycles. The monoisotopic (exact) mass is 298 g/mol. The van der Waals surface area contributed by atoms with Gasteiger partial charge in [-0.15, -0.1) is 0 Å². The Bertz CT molecular complexity index is 467. The molecule has 1 aromatic rings. The fraction of sp³-hybridized carbons (Fsp3) is 0.714. The lowest BCUT2D eigenvalue weighted by atomic mass is 9.82. The lowest BCUT2D eigenvalue weighted by Gasteiger charge is -2.34. The number of imidazole rings is 1. The van der Waals surface area contributed by atoms with E-state index in [1.54, 1.807) is 0 Å². The largest absolute Gasteiger partial charge is 0.481 e. The second-order valence-corrected chi connectivity index (χ2v) is 6.52. The topological polar surface area (TPSA) is 64.3 Å². The maximum absolute atomic E-state index is 10.7. The first-order valence-corrected chi connectivity index (χ1v) is 7.99. The lowest BCUT2D eigenvalue weighted by molar-refractivity contribution is -0.133. The predicted octanol–water partition coefficient (Wildman–Crippen LogP) is 2.44. The molecule has 0 aromatic carbocycles. The van der Waals surface area contributed by atoms with E-state index in [2.05, 4.69) is 23.4 Å². The number of aryl methyl sites for hydroxylation is 1. The van der Waals surface area contributed by atoms with Crippen LogP contribution < -0.4 is 0 Å². The van der Waals surface area contributed by atoms with Crippen LogP contribution in [-0.4, -0.2) is 39.6 Å². The summed E-state index contributed by atoms with van der Waals surface area (Å²) in [4.78, 5) is 15.1. The van der Waals surface area contributed by atoms with E-state index in [-0.39, 0.29) is 11.2 Å². The summed E-state index contributed by atoms with van der Waals surface area (Å²) in [6.07, 6.45) is 4.86. The number of thioether (sulfide) groups is 1. The average molecular weight is 298 g/mol. The molecule has 1 fully saturated rings. The Morgan fingerprint density at radius 1 is 1.55 bits per heavy atom. The van der Waals surface area contributed by atoms with Crippen molar-refractivity contribution < 1.29 is 14.6 Å². The molecule has 0 aliphatic carbocycles. The number of hydrogen-bond acceptors (Lipinski definition) is 4. The van der Waals surface area contributed by atoms with Crippen LogP contribution in [0.3, 0.4) is 0 Å². The quantitative estimate of drug-likeness (QED) is 0.817. The van der Waals surface area contributed by atoms with Crippen LogP contribution in [-0.2, 0) is 22.5 Å². The molecule has 1 saturated heterocycles. The van der Waals surface area contributed by atoms with Crippen molar-refractivity contribution in [3.05, 3.63) is 11.9 Å². The van der Waals surface area contributed by atoms with Gasteiger partial charge in [0.2, 0.25) is 0 Å². The third kappa shape index (κ3) is 3.76. The van der Waals surface area contributed by atoms with Crippen LogP contribution >= 0.6 is 11.8 Å². The molecule has 2 heterocycles. The number of aromatic nitrogens is 2. The molecule has 112 valence electrons. The van der Waals surface area contributed by atoms with Crippen molar-refractivity contribution in [1.82, 2.24) is 9.55 Å². The van der Waals surface area contributed by atoms with Crippen LogP contribution in [0, 0.1) is 5.41 Å². The first kappa shape index (κ1) is 15.4. The van der Waals surface area contributed by atoms with Crippen molar-refractivity contribution in [2.45, 2.75) is 44.8 Å². The minimum atomic E-state index is -0.806. The molecule has 6 heteroatoms. The number of hydrogen-bond donors (Lipinski definition) is 1. The molecule has 20 heavy (non-hydrogen) atoms. The van der Waals surface area contributed by atoms with Gasteiger partial charge in [0.15, 0.2) is 5.16 Å². The van der Waals surface area contributed by atoms with Gasteiger partial charge in [0.25, 0.3) is 0 Å². The fourth-order valence-corrected chi connectivity index (χ4v) is 3.21. The Hall–Kier alpha value is -1.01. The van der Waals surface area contributed by atoms with Crippen LogP contribution in [0.1, 0.15) is 32.4 Å². The number of carboxylic acid groups (broad SMARTS) is 1. The number of carbonyl (C=O) groups is 1. The zero-order valence-electron chi connectivity index (χ0n) is 12.1. The van der Waals surface area contributed by atoms with Crippen LogP contribution in [0.4, 0.5) is 0 Å². The van der Waals surface area contributed by atoms with Crippen molar-refractivity contribution in [3.8, 4) is 0 Å². The minimum absolute atomic E-state index is 0.0555. The molecule has 0 radical (unpaired) electrons. The molecular weight excluding hydrogens is 276 g/mol. The summed E-state index contributed by atoms with van der Waals surface area (Å²) in [5.41, 5.74) is 1.38. The molecular formula is C14H22N2O3S. The molecule has 1 N–H and O–H groups in total. The van der Waals surface area contributed by atoms with E-state index in [4.69, 9.17) is 9.84 Å². The van der Waals surface area contributed by atoms with Gasteiger partial charge < -0.3 is 14.4 Å². The smallest absolute Gasteiger partial charge is 0.313 e. The van der Waals surface area contributed by atoms with Gasteiger partial charge in [-0.2, -0.15) is 0 Å². The number of carboxylic acids is 1. The Morgan fingerprint density at radius 3 is 2.85 bits per heavy atom. The van der Waals surface area contributed by atoms with Crippen molar-refractivity contribution >= 4 is 17.7 Å². The van der Waals surface area contributed by atoms with Gasteiger partial charge in [0.05, 0.1) is 5.75 Å². The third-order valence-electron chi connectivity index (χ3n) is 3.83. The Kier molecular flexibility index (Phi) is 5.10. The van der Waals surface area contributed by atoms with Crippen molar-refractivity contribution in [3.63, 3.8) is 0 Å². The van der Waals surface area contributed by atoms with Gasteiger partial charge >= 0.3 is 5.97 Å². The molecule has 5 nitrogen and oxygen atoms in total. The molecule has 2 rings (SSSR count). The minimum Gasteiger partial charge on any atom is -0.481 e. The number of rotatable bonds is 6. The fourth-order valence-electron chi connectivity index (χ4n) is 2.49. The highest BCUT2D eigenvalue weighted by Gasteiger charge is 2.29. The normalized spacial score (nSPS) is 18.1. The molecule has 0 bridgehead atoms. The Labute approximate surface area is 123 Å². The van der Waals surface area contributed by atoms with E-state index in [1.165, 1.54) is 17.5 Å². The number of ether oxygens (including phenoxy) is 1. The summed E-state index contributed by atoms with van der Waals surface area (Å²) in [7, 11) is 0. The summed E-state index contributed by atoms with van der Waals surface area (Å²) >= 11 is 1.30. The highest BCUT2D eigenvalue weighted by Crippen LogP contribution is 2.34. The van der Waals surface area contributed by atoms with E-state index >= 15 is 0 Å². The molecule has 0 unspecified atom stereocenters. The van der Waals surface area contributed by atoms with E-state index in [1.807, 2.05) is 6.20 Å². The van der Waals surface area contributed by atoms with Gasteiger partial charge in [-0.3, -0.25) is 4.79 Å². The average Bonchev–Trinajstić information content (AvgIpc) is 2.78. The van der Waals surface area contributed by atoms with Gasteiger partial charge in [-0.05, 0) is 24.7 Å². The maximum Gasteiger partial charge on any atom is 0.313 e. The molecule has 0 spiro atoms. The van der Waals surface area contributed by atoms with E-state index in [0.717, 1.165) is 44.2 Å². The summed E-state index contributed by atoms with van der Waals surface area (Å²) in [6.45, 7) is 6.89. The summed E-state index contributed by atoms with van der Waals surface area (Å²) in [6, 6.07) is 0. The van der Waals surface area contributed by atoms with Gasteiger partial charge in [-0.25, -0.2) is 4.98 Å². The Balaban J connectivity index is 2.15. The van der Waals surface area contributed by atoms with Crippen LogP contribution in [0.5, 0.6) is 0 Å². The standard InChI is InChI=1S/C14H22N2O3S/c1-3-11-8-15-13(20-9-12(17)18)16(11)10-14(2)4-6-19-7-5-14/h8H,3-7,9-10H2,1-2H3,(H,17,18). The van der Waals surface area contributed by atoms with Crippen molar-refractivity contribution in [2.75, 3.05) is 19.0 Å². The van der Waals surface area contributed by atoms with Gasteiger partial charge in [-0.1, -0.05) is 25.6 Å². The van der Waals surface area contributed by atoms with Crippen molar-refractivity contribution in [2.24, 2.45) is 5.41 Å². The van der Waals surface area contributed by atoms with Gasteiger partial charge in [0, 0.05) is 31.6 Å². The third-order valence-corrected chi connectivity index (χ3v) is 4.80. The second-order valence-electron chi connectivity index (χ2n) is 5.58. The number of aliphatic carboxylic acids is 1. The predicted molar refractivity (Wildman–Crippen MR) is 78.1 cm³/mol. The Morgan fingerprint density at radius 2 is 2.25 bits per heavy atom.